The van der Waals surface area contributed by atoms with Crippen LogP contribution in [0.4, 0.5) is 14.5 Å². The minimum Gasteiger partial charge on any atom is -0.322 e. The molecule has 5 nitrogen and oxygen atoms in total. The fourth-order valence-electron chi connectivity index (χ4n) is 3.27. The molecule has 156 valence electrons. The van der Waals surface area contributed by atoms with Gasteiger partial charge in [-0.3, -0.25) is 4.79 Å². The lowest BCUT2D eigenvalue weighted by Crippen LogP contribution is -2.41. The Hall–Kier alpha value is -1.97. The highest BCUT2D eigenvalue weighted by atomic mass is 32.2. The van der Waals surface area contributed by atoms with Crippen LogP contribution >= 0.6 is 11.8 Å². The molecule has 9 heteroatoms. The molecule has 2 aromatic carbocycles. The Morgan fingerprint density at radius 2 is 1.76 bits per heavy atom. The molecule has 1 aliphatic heterocycles. The van der Waals surface area contributed by atoms with Gasteiger partial charge in [0.2, 0.25) is 10.0 Å². The van der Waals surface area contributed by atoms with E-state index in [0.29, 0.717) is 34.5 Å². The fraction of sp³-hybridized carbons (Fsp3) is 0.350. The Balaban J connectivity index is 1.68. The highest BCUT2D eigenvalue weighted by molar-refractivity contribution is 7.99. The SMILES string of the molecule is CC1CCCCN1S(=O)(=O)c1ccc(C(=O)Nc2ccc(SC(F)F)cc2)cc1. The highest BCUT2D eigenvalue weighted by Crippen LogP contribution is 2.27. The van der Waals surface area contributed by atoms with Crippen molar-refractivity contribution in [1.29, 1.82) is 0 Å². The van der Waals surface area contributed by atoms with Crippen molar-refractivity contribution in [3.8, 4) is 0 Å². The van der Waals surface area contributed by atoms with Gasteiger partial charge in [-0.2, -0.15) is 13.1 Å². The maximum atomic E-state index is 12.8. The second-order valence-electron chi connectivity index (χ2n) is 6.84. The lowest BCUT2D eigenvalue weighted by Gasteiger charge is -2.32. The molecular formula is C20H22F2N2O3S2. The van der Waals surface area contributed by atoms with E-state index in [0.717, 1.165) is 19.3 Å². The van der Waals surface area contributed by atoms with Crippen LogP contribution in [0.1, 0.15) is 36.5 Å². The van der Waals surface area contributed by atoms with E-state index in [1.165, 1.54) is 40.7 Å². The summed E-state index contributed by atoms with van der Waals surface area (Å²) >= 11 is 0.431. The number of sulfonamides is 1. The number of carbonyl (C=O) groups excluding carboxylic acids is 1. The van der Waals surface area contributed by atoms with Gasteiger partial charge in [-0.15, -0.1) is 0 Å². The highest BCUT2D eigenvalue weighted by Gasteiger charge is 2.30. The maximum Gasteiger partial charge on any atom is 0.288 e. The molecule has 0 aliphatic carbocycles. The van der Waals surface area contributed by atoms with Crippen molar-refractivity contribution < 1.29 is 22.0 Å². The summed E-state index contributed by atoms with van der Waals surface area (Å²) in [5, 5.41) is 2.67. The third kappa shape index (κ3) is 5.34. The Labute approximate surface area is 173 Å². The van der Waals surface area contributed by atoms with Gasteiger partial charge in [0.25, 0.3) is 11.7 Å². The molecule has 1 fully saturated rings. The molecular weight excluding hydrogens is 418 g/mol. The van der Waals surface area contributed by atoms with Gasteiger partial charge in [-0.1, -0.05) is 18.2 Å². The van der Waals surface area contributed by atoms with E-state index in [1.54, 1.807) is 12.1 Å². The quantitative estimate of drug-likeness (QED) is 0.654. The summed E-state index contributed by atoms with van der Waals surface area (Å²) in [5.41, 5.74) is 0.772. The lowest BCUT2D eigenvalue weighted by molar-refractivity contribution is 0.102. The first kappa shape index (κ1) is 21.7. The fourth-order valence-corrected chi connectivity index (χ4v) is 5.46. The lowest BCUT2D eigenvalue weighted by atomic mass is 10.1. The largest absolute Gasteiger partial charge is 0.322 e. The van der Waals surface area contributed by atoms with E-state index < -0.39 is 21.7 Å². The summed E-state index contributed by atoms with van der Waals surface area (Å²) in [7, 11) is -3.59. The van der Waals surface area contributed by atoms with Crippen molar-refractivity contribution in [1.82, 2.24) is 4.31 Å². The molecule has 0 aromatic heterocycles. The summed E-state index contributed by atoms with van der Waals surface area (Å²) in [6.45, 7) is 2.41. The first-order valence-electron chi connectivity index (χ1n) is 9.25. The average Bonchev–Trinajstić information content (AvgIpc) is 2.69. The molecule has 3 rings (SSSR count). The predicted molar refractivity (Wildman–Crippen MR) is 110 cm³/mol. The van der Waals surface area contributed by atoms with Crippen molar-refractivity contribution in [3.63, 3.8) is 0 Å². The Bertz CT molecular complexity index is 949. The van der Waals surface area contributed by atoms with Crippen LogP contribution in [-0.4, -0.2) is 37.0 Å². The molecule has 0 radical (unpaired) electrons. The van der Waals surface area contributed by atoms with Crippen molar-refractivity contribution in [2.75, 3.05) is 11.9 Å². The molecule has 0 bridgehead atoms. The number of thioether (sulfide) groups is 1. The van der Waals surface area contributed by atoms with Gasteiger partial charge in [0.05, 0.1) is 4.90 Å². The number of halogens is 2. The smallest absolute Gasteiger partial charge is 0.288 e. The molecule has 1 atom stereocenters. The van der Waals surface area contributed by atoms with E-state index in [4.69, 9.17) is 0 Å². The van der Waals surface area contributed by atoms with Crippen molar-refractivity contribution >= 4 is 33.4 Å². The number of hydrogen-bond acceptors (Lipinski definition) is 4. The molecule has 1 aliphatic rings. The topological polar surface area (TPSA) is 66.5 Å². The second-order valence-corrected chi connectivity index (χ2v) is 9.80. The number of benzene rings is 2. The zero-order valence-electron chi connectivity index (χ0n) is 15.8. The molecule has 0 spiro atoms. The Morgan fingerprint density at radius 1 is 1.10 bits per heavy atom. The van der Waals surface area contributed by atoms with Gasteiger partial charge in [0, 0.05) is 28.7 Å². The second kappa shape index (κ2) is 9.23. The molecule has 2 aromatic rings. The number of piperidine rings is 1. The van der Waals surface area contributed by atoms with Gasteiger partial charge in [-0.25, -0.2) is 8.42 Å². The van der Waals surface area contributed by atoms with E-state index in [9.17, 15) is 22.0 Å². The monoisotopic (exact) mass is 440 g/mol. The summed E-state index contributed by atoms with van der Waals surface area (Å²) in [6.07, 6.45) is 2.71. The van der Waals surface area contributed by atoms with Crippen LogP contribution in [-0.2, 0) is 10.0 Å². The zero-order valence-corrected chi connectivity index (χ0v) is 17.5. The third-order valence-electron chi connectivity index (χ3n) is 4.80. The number of amides is 1. The number of hydrogen-bond donors (Lipinski definition) is 1. The Kier molecular flexibility index (Phi) is 6.92. The minimum atomic E-state index is -3.59. The van der Waals surface area contributed by atoms with Gasteiger partial charge < -0.3 is 5.32 Å². The van der Waals surface area contributed by atoms with Gasteiger partial charge in [0.1, 0.15) is 0 Å². The van der Waals surface area contributed by atoms with Crippen LogP contribution in [0.3, 0.4) is 0 Å². The van der Waals surface area contributed by atoms with E-state index in [2.05, 4.69) is 5.32 Å². The van der Waals surface area contributed by atoms with Crippen LogP contribution in [0.15, 0.2) is 58.3 Å². The maximum absolute atomic E-state index is 12.8. The van der Waals surface area contributed by atoms with Crippen LogP contribution < -0.4 is 5.32 Å². The molecule has 1 unspecified atom stereocenters. The van der Waals surface area contributed by atoms with E-state index in [-0.39, 0.29) is 10.9 Å². The summed E-state index contributed by atoms with van der Waals surface area (Å²) in [6, 6.07) is 11.9. The number of alkyl halides is 2. The van der Waals surface area contributed by atoms with Crippen molar-refractivity contribution in [3.05, 3.63) is 54.1 Å². The van der Waals surface area contributed by atoms with Crippen LogP contribution in [0.25, 0.3) is 0 Å². The van der Waals surface area contributed by atoms with Gasteiger partial charge in [-0.05, 0) is 68.3 Å². The van der Waals surface area contributed by atoms with Crippen molar-refractivity contribution in [2.45, 2.75) is 47.8 Å². The standard InChI is InChI=1S/C20H22F2N2O3S2/c1-14-4-2-3-13-24(14)29(26,27)18-11-5-15(6-12-18)19(25)23-16-7-9-17(10-8-16)28-20(21)22/h5-12,14,20H,2-4,13H2,1H3,(H,23,25). The minimum absolute atomic E-state index is 0.0390. The zero-order chi connectivity index (χ0) is 21.0. The summed E-state index contributed by atoms with van der Waals surface area (Å²) < 4.78 is 51.9. The molecule has 1 heterocycles. The third-order valence-corrected chi connectivity index (χ3v) is 7.55. The normalized spacial score (nSPS) is 18.0. The number of nitrogens with zero attached hydrogens (tertiary/aromatic N) is 1. The molecule has 1 saturated heterocycles. The first-order valence-corrected chi connectivity index (χ1v) is 11.6. The van der Waals surface area contributed by atoms with Crippen LogP contribution in [0.2, 0.25) is 0 Å². The Morgan fingerprint density at radius 3 is 2.34 bits per heavy atom. The van der Waals surface area contributed by atoms with Crippen LogP contribution in [0, 0.1) is 0 Å². The number of rotatable bonds is 6. The number of nitrogens with one attached hydrogen (secondary N) is 1. The van der Waals surface area contributed by atoms with E-state index in [1.807, 2.05) is 6.92 Å². The molecule has 1 amide bonds. The molecule has 29 heavy (non-hydrogen) atoms. The summed E-state index contributed by atoms with van der Waals surface area (Å²) in [5.74, 6) is -2.91. The van der Waals surface area contributed by atoms with E-state index >= 15 is 0 Å². The molecule has 0 saturated carbocycles. The van der Waals surface area contributed by atoms with Crippen LogP contribution in [0.5, 0.6) is 0 Å². The number of carbonyl (C=O) groups is 1. The predicted octanol–water partition coefficient (Wildman–Crippen LogP) is 4.82. The average molecular weight is 441 g/mol. The summed E-state index contributed by atoms with van der Waals surface area (Å²) in [4.78, 5) is 13.0. The van der Waals surface area contributed by atoms with Crippen molar-refractivity contribution in [2.24, 2.45) is 0 Å². The molecule has 1 N–H and O–H groups in total. The van der Waals surface area contributed by atoms with Gasteiger partial charge in [0.15, 0.2) is 0 Å². The first-order chi connectivity index (χ1) is 13.8. The number of anilines is 1. The van der Waals surface area contributed by atoms with Gasteiger partial charge >= 0.3 is 0 Å².